The molecule has 0 bridgehead atoms. The number of anilines is 1. The van der Waals surface area contributed by atoms with Crippen LogP contribution in [0.3, 0.4) is 0 Å². The van der Waals surface area contributed by atoms with Crippen LogP contribution >= 0.6 is 11.6 Å². The lowest BCUT2D eigenvalue weighted by Gasteiger charge is -2.14. The molecule has 0 fully saturated rings. The monoisotopic (exact) mass is 617 g/mol. The first kappa shape index (κ1) is 31.4. The van der Waals surface area contributed by atoms with Crippen LogP contribution in [-0.4, -0.2) is 52.4 Å². The lowest BCUT2D eigenvalue weighted by Crippen LogP contribution is -2.18. The van der Waals surface area contributed by atoms with Gasteiger partial charge in [-0.1, -0.05) is 17.7 Å². The molecule has 0 radical (unpaired) electrons. The van der Waals surface area contributed by atoms with Gasteiger partial charge in [-0.05, 0) is 72.8 Å². The van der Waals surface area contributed by atoms with Gasteiger partial charge in [0.15, 0.2) is 11.5 Å². The summed E-state index contributed by atoms with van der Waals surface area (Å²) in [7, 11) is 5.89. The smallest absolute Gasteiger partial charge is 0.343 e. The lowest BCUT2D eigenvalue weighted by atomic mass is 10.1. The van der Waals surface area contributed by atoms with Gasteiger partial charge in [0, 0.05) is 27.4 Å². The SMILES string of the molecule is COc1cccc(C(=O)Oc2ccc(Cl)cc2/C=N/NC(=O)c2ccc(NC(=O)c3cc(OC)c(OC)c(OC)c3)cc2)c1. The third-order valence-corrected chi connectivity index (χ3v) is 6.42. The Labute approximate surface area is 258 Å². The number of nitrogens with one attached hydrogen (secondary N) is 2. The van der Waals surface area contributed by atoms with Gasteiger partial charge in [-0.2, -0.15) is 5.10 Å². The fourth-order valence-corrected chi connectivity index (χ4v) is 4.15. The second-order valence-corrected chi connectivity index (χ2v) is 9.38. The molecule has 0 unspecified atom stereocenters. The van der Waals surface area contributed by atoms with Crippen LogP contribution in [0.15, 0.2) is 84.0 Å². The van der Waals surface area contributed by atoms with Gasteiger partial charge in [0.2, 0.25) is 5.75 Å². The molecule has 0 aliphatic carbocycles. The van der Waals surface area contributed by atoms with Crippen LogP contribution in [0, 0.1) is 0 Å². The zero-order valence-corrected chi connectivity index (χ0v) is 24.9. The van der Waals surface area contributed by atoms with Crippen molar-refractivity contribution < 1.29 is 38.1 Å². The number of amides is 2. The largest absolute Gasteiger partial charge is 0.497 e. The molecule has 0 aliphatic rings. The maximum atomic E-state index is 12.9. The van der Waals surface area contributed by atoms with E-state index in [2.05, 4.69) is 15.8 Å². The number of ether oxygens (including phenoxy) is 5. The number of carbonyl (C=O) groups is 3. The Morgan fingerprint density at radius 3 is 2.05 bits per heavy atom. The summed E-state index contributed by atoms with van der Waals surface area (Å²) in [5.41, 5.74) is 4.08. The molecule has 0 atom stereocenters. The van der Waals surface area contributed by atoms with Crippen molar-refractivity contribution in [1.82, 2.24) is 5.43 Å². The Kier molecular flexibility index (Phi) is 10.4. The van der Waals surface area contributed by atoms with Crippen LogP contribution in [0.2, 0.25) is 5.02 Å². The number of benzene rings is 4. The van der Waals surface area contributed by atoms with E-state index in [9.17, 15) is 14.4 Å². The quantitative estimate of drug-likeness (QED) is 0.0960. The highest BCUT2D eigenvalue weighted by Gasteiger charge is 2.18. The minimum atomic E-state index is -0.609. The van der Waals surface area contributed by atoms with Crippen molar-refractivity contribution in [1.29, 1.82) is 0 Å². The predicted octanol–water partition coefficient (Wildman–Crippen LogP) is 5.61. The number of hydrogen-bond donors (Lipinski definition) is 2. The number of nitrogens with zero attached hydrogens (tertiary/aromatic N) is 1. The molecular formula is C32H28ClN3O8. The molecule has 4 aromatic carbocycles. The fourth-order valence-electron chi connectivity index (χ4n) is 3.97. The summed E-state index contributed by atoms with van der Waals surface area (Å²) in [4.78, 5) is 38.2. The summed E-state index contributed by atoms with van der Waals surface area (Å²) in [6.45, 7) is 0. The summed E-state index contributed by atoms with van der Waals surface area (Å²) < 4.78 is 26.6. The van der Waals surface area contributed by atoms with Crippen molar-refractivity contribution in [2.24, 2.45) is 5.10 Å². The standard InChI is InChI=1S/C32H28ClN3O8/c1-40-25-7-5-6-20(15-25)32(39)44-26-13-10-23(33)14-22(26)18-34-36-31(38)19-8-11-24(12-9-19)35-30(37)21-16-27(41-2)29(43-4)28(17-21)42-3/h5-18H,1-4H3,(H,35,37)(H,36,38)/b34-18+. The van der Waals surface area contributed by atoms with E-state index in [4.69, 9.17) is 35.3 Å². The highest BCUT2D eigenvalue weighted by molar-refractivity contribution is 6.31. The molecule has 0 saturated heterocycles. The van der Waals surface area contributed by atoms with Crippen LogP contribution < -0.4 is 34.4 Å². The van der Waals surface area contributed by atoms with E-state index in [1.807, 2.05) is 0 Å². The first-order valence-electron chi connectivity index (χ1n) is 13.0. The van der Waals surface area contributed by atoms with E-state index in [0.29, 0.717) is 44.8 Å². The van der Waals surface area contributed by atoms with Crippen molar-refractivity contribution in [3.05, 3.63) is 106 Å². The topological polar surface area (TPSA) is 134 Å². The Morgan fingerprint density at radius 1 is 0.705 bits per heavy atom. The van der Waals surface area contributed by atoms with E-state index < -0.39 is 17.8 Å². The van der Waals surface area contributed by atoms with Crippen LogP contribution in [0.4, 0.5) is 5.69 Å². The van der Waals surface area contributed by atoms with Crippen LogP contribution in [0.5, 0.6) is 28.7 Å². The van der Waals surface area contributed by atoms with Gasteiger partial charge in [0.25, 0.3) is 11.8 Å². The minimum Gasteiger partial charge on any atom is -0.497 e. The number of rotatable bonds is 11. The Balaban J connectivity index is 1.40. The van der Waals surface area contributed by atoms with E-state index in [1.165, 1.54) is 71.1 Å². The van der Waals surface area contributed by atoms with Gasteiger partial charge >= 0.3 is 5.97 Å². The fraction of sp³-hybridized carbons (Fsp3) is 0.125. The summed E-state index contributed by atoms with van der Waals surface area (Å²) in [5, 5.41) is 7.13. The van der Waals surface area contributed by atoms with Crippen LogP contribution in [0.25, 0.3) is 0 Å². The highest BCUT2D eigenvalue weighted by Crippen LogP contribution is 2.38. The van der Waals surface area contributed by atoms with Crippen molar-refractivity contribution in [3.8, 4) is 28.7 Å². The Hall–Kier alpha value is -5.55. The third kappa shape index (κ3) is 7.64. The Morgan fingerprint density at radius 2 is 1.41 bits per heavy atom. The molecule has 0 aromatic heterocycles. The molecule has 44 heavy (non-hydrogen) atoms. The van der Waals surface area contributed by atoms with Crippen molar-refractivity contribution in [3.63, 3.8) is 0 Å². The van der Waals surface area contributed by atoms with Gasteiger partial charge in [0.05, 0.1) is 40.2 Å². The highest BCUT2D eigenvalue weighted by atomic mass is 35.5. The Bertz CT molecular complexity index is 1680. The minimum absolute atomic E-state index is 0.187. The molecule has 4 aromatic rings. The molecular weight excluding hydrogens is 590 g/mol. The normalized spacial score (nSPS) is 10.6. The molecule has 0 spiro atoms. The molecule has 11 nitrogen and oxygen atoms in total. The molecule has 0 aliphatic heterocycles. The van der Waals surface area contributed by atoms with Crippen molar-refractivity contribution in [2.75, 3.05) is 33.8 Å². The van der Waals surface area contributed by atoms with Crippen LogP contribution in [-0.2, 0) is 0 Å². The number of hydrazone groups is 1. The summed E-state index contributed by atoms with van der Waals surface area (Å²) in [6.07, 6.45) is 1.31. The predicted molar refractivity (Wildman–Crippen MR) is 165 cm³/mol. The molecule has 0 saturated carbocycles. The number of carbonyl (C=O) groups excluding carboxylic acids is 3. The number of methoxy groups -OCH3 is 4. The van der Waals surface area contributed by atoms with Gasteiger partial charge in [-0.15, -0.1) is 0 Å². The second-order valence-electron chi connectivity index (χ2n) is 8.95. The zero-order valence-electron chi connectivity index (χ0n) is 24.2. The lowest BCUT2D eigenvalue weighted by molar-refractivity contribution is 0.0733. The maximum Gasteiger partial charge on any atom is 0.343 e. The van der Waals surface area contributed by atoms with E-state index in [-0.39, 0.29) is 16.9 Å². The van der Waals surface area contributed by atoms with Gasteiger partial charge in [-0.3, -0.25) is 9.59 Å². The van der Waals surface area contributed by atoms with E-state index >= 15 is 0 Å². The number of hydrogen-bond acceptors (Lipinski definition) is 9. The molecule has 0 heterocycles. The maximum absolute atomic E-state index is 12.9. The van der Waals surface area contributed by atoms with E-state index in [0.717, 1.165) is 0 Å². The van der Waals surface area contributed by atoms with E-state index in [1.54, 1.807) is 42.5 Å². The molecule has 226 valence electrons. The summed E-state index contributed by atoms with van der Waals surface area (Å²) in [6, 6.07) is 20.4. The average Bonchev–Trinajstić information content (AvgIpc) is 3.05. The molecule has 4 rings (SSSR count). The zero-order chi connectivity index (χ0) is 31.6. The average molecular weight is 618 g/mol. The first-order chi connectivity index (χ1) is 21.3. The van der Waals surface area contributed by atoms with Crippen molar-refractivity contribution in [2.45, 2.75) is 0 Å². The number of esters is 1. The summed E-state index contributed by atoms with van der Waals surface area (Å²) in [5.74, 6) is 0.194. The summed E-state index contributed by atoms with van der Waals surface area (Å²) >= 11 is 6.13. The second kappa shape index (κ2) is 14.6. The number of halogens is 1. The van der Waals surface area contributed by atoms with Crippen molar-refractivity contribution >= 4 is 41.3 Å². The van der Waals surface area contributed by atoms with Gasteiger partial charge in [0.1, 0.15) is 11.5 Å². The van der Waals surface area contributed by atoms with Gasteiger partial charge in [-0.25, -0.2) is 10.2 Å². The first-order valence-corrected chi connectivity index (χ1v) is 13.3. The third-order valence-electron chi connectivity index (χ3n) is 6.18. The van der Waals surface area contributed by atoms with Crippen LogP contribution in [0.1, 0.15) is 36.6 Å². The van der Waals surface area contributed by atoms with Gasteiger partial charge < -0.3 is 29.0 Å². The molecule has 2 N–H and O–H groups in total. The molecule has 12 heteroatoms. The molecule has 2 amide bonds.